The molecule has 0 N–H and O–H groups in total. The Kier molecular flexibility index (Phi) is 7.52. The van der Waals surface area contributed by atoms with Crippen LogP contribution in [0.25, 0.3) is 0 Å². The van der Waals surface area contributed by atoms with Crippen LogP contribution >= 0.6 is 12.6 Å². The molecule has 1 aromatic carbocycles. The van der Waals surface area contributed by atoms with E-state index < -0.39 is 0 Å². The Morgan fingerprint density at radius 2 is 1.90 bits per heavy atom. The Morgan fingerprint density at radius 1 is 1.17 bits per heavy atom. The molecule has 7 heteroatoms. The molecular weight excluding hydrogens is 386 g/mol. The van der Waals surface area contributed by atoms with Crippen LogP contribution in [-0.2, 0) is 22.6 Å². The minimum absolute atomic E-state index is 0.0207. The lowest BCUT2D eigenvalue weighted by molar-refractivity contribution is -0.130. The topological polar surface area (TPSA) is 62.7 Å². The fourth-order valence-corrected chi connectivity index (χ4v) is 3.86. The first kappa shape index (κ1) is 21.2. The lowest BCUT2D eigenvalue weighted by atomic mass is 10.1. The number of likely N-dealkylation sites (N-methyl/N-ethyl adjacent to an activating group) is 1. The van der Waals surface area contributed by atoms with E-state index in [1.54, 1.807) is 29.2 Å². The summed E-state index contributed by atoms with van der Waals surface area (Å²) in [6.45, 7) is 1.34. The molecule has 1 aliphatic rings. The molecule has 3 rings (SSSR count). The molecule has 154 valence electrons. The van der Waals surface area contributed by atoms with E-state index in [0.29, 0.717) is 19.5 Å². The molecule has 6 nitrogen and oxygen atoms in total. The first-order valence-corrected chi connectivity index (χ1v) is 10.3. The van der Waals surface area contributed by atoms with Crippen molar-refractivity contribution in [3.05, 3.63) is 66.0 Å². The third-order valence-electron chi connectivity index (χ3n) is 5.15. The monoisotopic (exact) mass is 413 g/mol. The molecule has 1 aliphatic heterocycles. The molecule has 2 aromatic rings. The summed E-state index contributed by atoms with van der Waals surface area (Å²) in [5.74, 6) is 0.0207. The molecule has 0 spiro atoms. The van der Waals surface area contributed by atoms with E-state index >= 15 is 0 Å². The molecule has 0 bridgehead atoms. The molecule has 2 amide bonds. The van der Waals surface area contributed by atoms with Crippen LogP contribution in [0, 0.1) is 0 Å². The Balaban J connectivity index is 1.50. The van der Waals surface area contributed by atoms with Gasteiger partial charge in [-0.05, 0) is 36.1 Å². The number of likely N-dealkylation sites (tertiary alicyclic amines) is 1. The third kappa shape index (κ3) is 6.22. The van der Waals surface area contributed by atoms with Crippen LogP contribution in [-0.4, -0.2) is 58.2 Å². The van der Waals surface area contributed by atoms with Crippen molar-refractivity contribution in [2.24, 2.45) is 0 Å². The quantitative estimate of drug-likeness (QED) is 0.708. The lowest BCUT2D eigenvalue weighted by Crippen LogP contribution is -2.40. The highest BCUT2D eigenvalue weighted by atomic mass is 32.1. The fraction of sp³-hybridized carbons (Fsp3) is 0.409. The van der Waals surface area contributed by atoms with E-state index in [-0.39, 0.29) is 36.3 Å². The van der Waals surface area contributed by atoms with Crippen LogP contribution in [0.15, 0.2) is 54.9 Å². The summed E-state index contributed by atoms with van der Waals surface area (Å²) >= 11 is 4.53. The van der Waals surface area contributed by atoms with Gasteiger partial charge in [-0.3, -0.25) is 9.78 Å². The Hall–Kier alpha value is -2.54. The van der Waals surface area contributed by atoms with E-state index in [1.807, 2.05) is 42.5 Å². The zero-order valence-corrected chi connectivity index (χ0v) is 17.5. The van der Waals surface area contributed by atoms with Crippen molar-refractivity contribution in [3.8, 4) is 0 Å². The number of amides is 2. The van der Waals surface area contributed by atoms with Crippen LogP contribution in [0.3, 0.4) is 0 Å². The number of nitrogens with zero attached hydrogens (tertiary/aromatic N) is 3. The molecular formula is C22H27N3O3S. The fourth-order valence-electron chi connectivity index (χ4n) is 3.44. The van der Waals surface area contributed by atoms with Crippen LogP contribution in [0.2, 0.25) is 0 Å². The molecule has 0 radical (unpaired) electrons. The van der Waals surface area contributed by atoms with E-state index in [9.17, 15) is 9.59 Å². The number of thiol groups is 1. The maximum atomic E-state index is 12.7. The second-order valence-corrected chi connectivity index (χ2v) is 8.09. The Bertz CT molecular complexity index is 803. The smallest absolute Gasteiger partial charge is 0.410 e. The van der Waals surface area contributed by atoms with Gasteiger partial charge in [0.1, 0.15) is 6.61 Å². The number of carbonyl (C=O) groups excluding carboxylic acids is 2. The van der Waals surface area contributed by atoms with Crippen LogP contribution < -0.4 is 0 Å². The highest BCUT2D eigenvalue weighted by Crippen LogP contribution is 2.26. The van der Waals surface area contributed by atoms with E-state index in [2.05, 4.69) is 17.6 Å². The molecule has 0 unspecified atom stereocenters. The highest BCUT2D eigenvalue weighted by molar-refractivity contribution is 7.81. The minimum atomic E-state index is -0.386. The van der Waals surface area contributed by atoms with Crippen molar-refractivity contribution in [2.45, 2.75) is 37.2 Å². The van der Waals surface area contributed by atoms with E-state index in [1.165, 1.54) is 0 Å². The largest absolute Gasteiger partial charge is 0.445 e. The number of carbonyl (C=O) groups is 2. The molecule has 1 saturated heterocycles. The summed E-state index contributed by atoms with van der Waals surface area (Å²) < 4.78 is 5.46. The van der Waals surface area contributed by atoms with Gasteiger partial charge in [-0.15, -0.1) is 0 Å². The van der Waals surface area contributed by atoms with Gasteiger partial charge in [0.15, 0.2) is 0 Å². The van der Waals surface area contributed by atoms with Crippen LogP contribution in [0.1, 0.15) is 24.0 Å². The summed E-state index contributed by atoms with van der Waals surface area (Å²) in [5.41, 5.74) is 2.08. The number of hydrogen-bond acceptors (Lipinski definition) is 5. The molecule has 1 fully saturated rings. The summed E-state index contributed by atoms with van der Waals surface area (Å²) in [4.78, 5) is 32.6. The second-order valence-electron chi connectivity index (χ2n) is 7.36. The highest BCUT2D eigenvalue weighted by Gasteiger charge is 2.36. The van der Waals surface area contributed by atoms with Gasteiger partial charge in [0.05, 0.1) is 0 Å². The SMILES string of the molecule is CN(CCc1ccncc1)C(=O)C[C@H]1C[C@H](S)CN1C(=O)OCc1ccccc1. The van der Waals surface area contributed by atoms with Crippen molar-refractivity contribution in [3.63, 3.8) is 0 Å². The zero-order chi connectivity index (χ0) is 20.6. The maximum Gasteiger partial charge on any atom is 0.410 e. The number of hydrogen-bond donors (Lipinski definition) is 1. The van der Waals surface area contributed by atoms with Gasteiger partial charge in [-0.1, -0.05) is 30.3 Å². The zero-order valence-electron chi connectivity index (χ0n) is 16.6. The molecule has 2 heterocycles. The average Bonchev–Trinajstić information content (AvgIpc) is 3.11. The van der Waals surface area contributed by atoms with Crippen LogP contribution in [0.5, 0.6) is 0 Å². The number of benzene rings is 1. The van der Waals surface area contributed by atoms with E-state index in [4.69, 9.17) is 4.74 Å². The summed E-state index contributed by atoms with van der Waals surface area (Å²) in [6.07, 6.45) is 4.86. The molecule has 0 saturated carbocycles. The molecule has 0 aliphatic carbocycles. The third-order valence-corrected chi connectivity index (χ3v) is 5.53. The van der Waals surface area contributed by atoms with Gasteiger partial charge in [0.2, 0.25) is 5.91 Å². The van der Waals surface area contributed by atoms with E-state index in [0.717, 1.165) is 17.5 Å². The Morgan fingerprint density at radius 3 is 2.62 bits per heavy atom. The Labute approximate surface area is 177 Å². The predicted molar refractivity (Wildman–Crippen MR) is 115 cm³/mol. The summed E-state index contributed by atoms with van der Waals surface area (Å²) in [6, 6.07) is 13.3. The minimum Gasteiger partial charge on any atom is -0.445 e. The van der Waals surface area contributed by atoms with Crippen molar-refractivity contribution in [2.75, 3.05) is 20.1 Å². The van der Waals surface area contributed by atoms with Crippen molar-refractivity contribution in [1.82, 2.24) is 14.8 Å². The van der Waals surface area contributed by atoms with Gasteiger partial charge in [-0.25, -0.2) is 4.79 Å². The van der Waals surface area contributed by atoms with Gasteiger partial charge in [0.25, 0.3) is 0 Å². The van der Waals surface area contributed by atoms with Gasteiger partial charge >= 0.3 is 6.09 Å². The standard InChI is InChI=1S/C22H27N3O3S/c1-24(12-9-17-7-10-23-11-8-17)21(26)14-19-13-20(29)15-25(19)22(27)28-16-18-5-3-2-4-6-18/h2-8,10-11,19-20,29H,9,12-16H2,1H3/t19-,20+/m1/s1. The van der Waals surface area contributed by atoms with Crippen molar-refractivity contribution < 1.29 is 14.3 Å². The lowest BCUT2D eigenvalue weighted by Gasteiger charge is -2.26. The molecule has 29 heavy (non-hydrogen) atoms. The van der Waals surface area contributed by atoms with Gasteiger partial charge < -0.3 is 14.5 Å². The molecule has 2 atom stereocenters. The summed E-state index contributed by atoms with van der Waals surface area (Å²) in [5, 5.41) is 0.0548. The summed E-state index contributed by atoms with van der Waals surface area (Å²) in [7, 11) is 1.80. The number of ether oxygens (including phenoxy) is 1. The molecule has 1 aromatic heterocycles. The number of pyridine rings is 1. The second kappa shape index (κ2) is 10.3. The van der Waals surface area contributed by atoms with Crippen molar-refractivity contribution in [1.29, 1.82) is 0 Å². The normalized spacial score (nSPS) is 18.5. The van der Waals surface area contributed by atoms with Gasteiger partial charge in [0, 0.05) is 50.2 Å². The average molecular weight is 414 g/mol. The number of rotatable bonds is 7. The van der Waals surface area contributed by atoms with Crippen molar-refractivity contribution >= 4 is 24.6 Å². The van der Waals surface area contributed by atoms with Gasteiger partial charge in [-0.2, -0.15) is 12.6 Å². The number of aromatic nitrogens is 1. The van der Waals surface area contributed by atoms with Crippen LogP contribution in [0.4, 0.5) is 4.79 Å². The first-order valence-electron chi connectivity index (χ1n) is 9.81. The maximum absolute atomic E-state index is 12.7. The predicted octanol–water partition coefficient (Wildman–Crippen LogP) is 3.18. The first-order chi connectivity index (χ1) is 14.0.